The van der Waals surface area contributed by atoms with E-state index < -0.39 is 0 Å². The molecule has 0 heterocycles. The van der Waals surface area contributed by atoms with Crippen LogP contribution in [0.3, 0.4) is 0 Å². The molecule has 6 heteroatoms. The van der Waals surface area contributed by atoms with Gasteiger partial charge in [-0.15, -0.1) is 0 Å². The average Bonchev–Trinajstić information content (AvgIpc) is 2.61. The maximum Gasteiger partial charge on any atom is 0.0430 e. The number of rotatable bonds is 10. The summed E-state index contributed by atoms with van der Waals surface area (Å²) in [4.78, 5) is 0. The molecule has 0 aromatic heterocycles. The molecule has 0 radical (unpaired) electrons. The number of hydrogen-bond donors (Lipinski definition) is 5. The molecule has 0 aromatic rings. The van der Waals surface area contributed by atoms with Gasteiger partial charge >= 0.3 is 0 Å². The Balaban J connectivity index is -0.0000000476. The maximum absolute atomic E-state index is 8.07. The Labute approximate surface area is 178 Å². The minimum atomic E-state index is 0. The molecule has 0 rings (SSSR count). The van der Waals surface area contributed by atoms with E-state index in [2.05, 4.69) is 34.6 Å². The molecule has 0 saturated heterocycles. The average molecular weight is 554 g/mol. The molecule has 0 aliphatic carbocycles. The molecule has 5 nitrogen and oxygen atoms in total. The largest absolute Gasteiger partial charge is 0.396 e. The Bertz CT molecular complexity index is 96.5. The zero-order chi connectivity index (χ0) is 20.6. The van der Waals surface area contributed by atoms with Crippen molar-refractivity contribution in [1.82, 2.24) is 0 Å². The first-order valence-electron chi connectivity index (χ1n) is 10.1. The number of unbranched alkanes of at least 4 members (excludes halogenated alkanes) is 5. The van der Waals surface area contributed by atoms with E-state index in [0.717, 1.165) is 64.2 Å². The molecule has 0 unspecified atom stereocenters. The predicted molar refractivity (Wildman–Crippen MR) is 110 cm³/mol. The van der Waals surface area contributed by atoms with E-state index in [1.165, 1.54) is 0 Å². The van der Waals surface area contributed by atoms with Crippen LogP contribution < -0.4 is 0 Å². The zero-order valence-corrected chi connectivity index (χ0v) is 21.2. The van der Waals surface area contributed by atoms with Crippen molar-refractivity contribution in [3.05, 3.63) is 0 Å². The van der Waals surface area contributed by atoms with E-state index in [-0.39, 0.29) is 21.1 Å². The summed E-state index contributed by atoms with van der Waals surface area (Å²) < 4.78 is 0. The van der Waals surface area contributed by atoms with Gasteiger partial charge in [-0.25, -0.2) is 0 Å². The van der Waals surface area contributed by atoms with Crippen LogP contribution in [0.1, 0.15) is 98.8 Å². The van der Waals surface area contributed by atoms with Crippen LogP contribution in [-0.2, 0) is 21.1 Å². The van der Waals surface area contributed by atoms with E-state index in [1.54, 1.807) is 0 Å². The van der Waals surface area contributed by atoms with Crippen LogP contribution in [0.15, 0.2) is 0 Å². The molecule has 5 N–H and O–H groups in total. The first-order valence-corrected chi connectivity index (χ1v) is 10.1. The molecular formula is C20H50O5W. The van der Waals surface area contributed by atoms with Crippen LogP contribution in [0.25, 0.3) is 0 Å². The normalized spacial score (nSPS) is 8.08. The summed E-state index contributed by atoms with van der Waals surface area (Å²) in [5.41, 5.74) is 0. The second-order valence-electron chi connectivity index (χ2n) is 5.39. The Morgan fingerprint density at radius 3 is 0.462 bits per heavy atom. The van der Waals surface area contributed by atoms with Gasteiger partial charge in [-0.2, -0.15) is 0 Å². The van der Waals surface area contributed by atoms with Crippen LogP contribution in [0, 0.1) is 0 Å². The molecule has 0 fully saturated rings. The first-order chi connectivity index (χ1) is 12.1. The van der Waals surface area contributed by atoms with Gasteiger partial charge in [0, 0.05) is 54.1 Å². The third kappa shape index (κ3) is 123. The van der Waals surface area contributed by atoms with E-state index >= 15 is 0 Å². The second kappa shape index (κ2) is 63.7. The molecule has 0 aliphatic heterocycles. The number of aliphatic hydroxyl groups excluding tert-OH is 5. The molecular weight excluding hydrogens is 504 g/mol. The van der Waals surface area contributed by atoms with E-state index in [9.17, 15) is 0 Å². The van der Waals surface area contributed by atoms with Gasteiger partial charge in [0.2, 0.25) is 0 Å². The Hall–Kier alpha value is 0.488. The van der Waals surface area contributed by atoms with E-state index in [4.69, 9.17) is 25.5 Å². The van der Waals surface area contributed by atoms with Crippen molar-refractivity contribution in [3.8, 4) is 0 Å². The fourth-order valence-corrected chi connectivity index (χ4v) is 0.791. The molecule has 0 aliphatic rings. The van der Waals surface area contributed by atoms with Crippen LogP contribution in [0.5, 0.6) is 0 Å². The summed E-state index contributed by atoms with van der Waals surface area (Å²) in [5.74, 6) is 0. The molecule has 0 bridgehead atoms. The van der Waals surface area contributed by atoms with Gasteiger partial charge < -0.3 is 25.5 Å². The first kappa shape index (κ1) is 41.0. The monoisotopic (exact) mass is 554 g/mol. The van der Waals surface area contributed by atoms with Crippen molar-refractivity contribution in [2.75, 3.05) is 33.0 Å². The van der Waals surface area contributed by atoms with E-state index in [1.807, 2.05) is 0 Å². The molecule has 0 atom stereocenters. The number of hydrogen-bond acceptors (Lipinski definition) is 5. The van der Waals surface area contributed by atoms with Crippen molar-refractivity contribution >= 4 is 0 Å². The molecule has 166 valence electrons. The zero-order valence-electron chi connectivity index (χ0n) is 18.3. The van der Waals surface area contributed by atoms with Gasteiger partial charge in [-0.3, -0.25) is 0 Å². The van der Waals surface area contributed by atoms with Crippen molar-refractivity contribution in [2.45, 2.75) is 98.8 Å². The maximum atomic E-state index is 8.07. The minimum Gasteiger partial charge on any atom is -0.396 e. The van der Waals surface area contributed by atoms with Crippen LogP contribution in [0.2, 0.25) is 0 Å². The summed E-state index contributed by atoms with van der Waals surface area (Å²) in [5, 5.41) is 40.3. The van der Waals surface area contributed by atoms with Gasteiger partial charge in [0.1, 0.15) is 0 Å². The van der Waals surface area contributed by atoms with Gasteiger partial charge in [0.25, 0.3) is 0 Å². The van der Waals surface area contributed by atoms with Crippen LogP contribution >= 0.6 is 0 Å². The molecule has 26 heavy (non-hydrogen) atoms. The molecule has 0 saturated carbocycles. The SMILES string of the molecule is CCCCO.CCCCO.CCCCO.CCCCO.CCCCO.[W]. The Morgan fingerprint density at radius 1 is 0.346 bits per heavy atom. The standard InChI is InChI=1S/5C4H10O.W/c5*1-2-3-4-5;/h5*5H,2-4H2,1H3;. The third-order valence-electron chi connectivity index (χ3n) is 2.56. The van der Waals surface area contributed by atoms with Crippen molar-refractivity contribution in [3.63, 3.8) is 0 Å². The third-order valence-corrected chi connectivity index (χ3v) is 2.56. The molecule has 0 aromatic carbocycles. The van der Waals surface area contributed by atoms with Gasteiger partial charge in [0.05, 0.1) is 0 Å². The summed E-state index contributed by atoms with van der Waals surface area (Å²) in [6.07, 6.45) is 10.2. The van der Waals surface area contributed by atoms with Gasteiger partial charge in [0.15, 0.2) is 0 Å². The van der Waals surface area contributed by atoms with Crippen molar-refractivity contribution in [2.24, 2.45) is 0 Å². The fourth-order valence-electron chi connectivity index (χ4n) is 0.791. The van der Waals surface area contributed by atoms with Crippen LogP contribution in [0.4, 0.5) is 0 Å². The van der Waals surface area contributed by atoms with Crippen LogP contribution in [-0.4, -0.2) is 58.6 Å². The number of aliphatic hydroxyl groups is 5. The van der Waals surface area contributed by atoms with Crippen molar-refractivity contribution < 1.29 is 46.6 Å². The minimum absolute atomic E-state index is 0. The summed E-state index contributed by atoms with van der Waals surface area (Å²) >= 11 is 0. The van der Waals surface area contributed by atoms with Gasteiger partial charge in [-0.1, -0.05) is 66.7 Å². The predicted octanol–water partition coefficient (Wildman–Crippen LogP) is 3.89. The van der Waals surface area contributed by atoms with Gasteiger partial charge in [-0.05, 0) is 32.1 Å². The second-order valence-corrected chi connectivity index (χ2v) is 5.39. The smallest absolute Gasteiger partial charge is 0.0430 e. The van der Waals surface area contributed by atoms with Crippen molar-refractivity contribution in [1.29, 1.82) is 0 Å². The molecule has 0 amide bonds. The van der Waals surface area contributed by atoms with E-state index in [0.29, 0.717) is 33.0 Å². The Kier molecular flexibility index (Phi) is 100. The summed E-state index contributed by atoms with van der Waals surface area (Å²) in [7, 11) is 0. The fraction of sp³-hybridized carbons (Fsp3) is 1.00. The Morgan fingerprint density at radius 2 is 0.462 bits per heavy atom. The quantitative estimate of drug-likeness (QED) is 0.282. The summed E-state index contributed by atoms with van der Waals surface area (Å²) in [6.45, 7) is 12.0. The molecule has 0 spiro atoms. The summed E-state index contributed by atoms with van der Waals surface area (Å²) in [6, 6.07) is 0. The topological polar surface area (TPSA) is 101 Å².